The van der Waals surface area contributed by atoms with Crippen molar-refractivity contribution in [3.8, 4) is 0 Å². The molecular weight excluding hydrogens is 83.0 g/mol. The first-order valence-electron chi connectivity index (χ1n) is 0.781. The third kappa shape index (κ3) is 317. The lowest BCUT2D eigenvalue weighted by molar-refractivity contribution is 0.256. The Morgan fingerprint density at radius 1 is 1.40 bits per heavy atom. The second-order valence-electron chi connectivity index (χ2n) is 0.402. The van der Waals surface area contributed by atoms with Crippen molar-refractivity contribution in [1.29, 1.82) is 0 Å². The van der Waals surface area contributed by atoms with Crippen molar-refractivity contribution >= 4 is 23.4 Å². The van der Waals surface area contributed by atoms with Gasteiger partial charge in [-0.3, -0.25) is 0 Å². The van der Waals surface area contributed by atoms with Crippen molar-refractivity contribution in [2.24, 2.45) is 11.5 Å². The molecule has 2 amide bonds. The van der Waals surface area contributed by atoms with E-state index in [4.69, 9.17) is 4.79 Å². The van der Waals surface area contributed by atoms with Crippen molar-refractivity contribution in [3.63, 3.8) is 0 Å². The summed E-state index contributed by atoms with van der Waals surface area (Å²) in [6.07, 6.45) is 0. The lowest BCUT2D eigenvalue weighted by Crippen LogP contribution is -2.18. The normalized spacial score (nSPS) is 4.80. The van der Waals surface area contributed by atoms with Crippen molar-refractivity contribution in [1.82, 2.24) is 0 Å². The molecule has 0 unspecified atom stereocenters. The number of primary amides is 2. The molecule has 0 rings (SSSR count). The van der Waals surface area contributed by atoms with Crippen LogP contribution < -0.4 is 11.5 Å². The molecule has 0 radical (unpaired) electrons. The van der Waals surface area contributed by atoms with E-state index in [1.165, 1.54) is 0 Å². The zero-order chi connectivity index (χ0) is 3.58. The van der Waals surface area contributed by atoms with Crippen LogP contribution in [0.25, 0.3) is 0 Å². The second-order valence-corrected chi connectivity index (χ2v) is 0.402. The van der Waals surface area contributed by atoms with Gasteiger partial charge in [0, 0.05) is 0 Å². The first-order valence-corrected chi connectivity index (χ1v) is 0.781. The van der Waals surface area contributed by atoms with Gasteiger partial charge >= 0.3 is 6.03 Å². The summed E-state index contributed by atoms with van der Waals surface area (Å²) in [6.45, 7) is 0. The van der Waals surface area contributed by atoms with Crippen LogP contribution >= 0.6 is 0 Å². The first-order chi connectivity index (χ1) is 1.73. The fourth-order valence-electron chi connectivity index (χ4n) is 0. The average Bonchev–Trinajstić information content (AvgIpc) is 0.811. The molecule has 0 saturated carbocycles. The third-order valence-electron chi connectivity index (χ3n) is 0. The van der Waals surface area contributed by atoms with Crippen LogP contribution in [0, 0.1) is 0 Å². The van der Waals surface area contributed by atoms with Gasteiger partial charge in [0.2, 0.25) is 0 Å². The van der Waals surface area contributed by atoms with Crippen molar-refractivity contribution in [3.05, 3.63) is 0 Å². The van der Waals surface area contributed by atoms with Gasteiger partial charge in [-0.15, -0.1) is 0 Å². The van der Waals surface area contributed by atoms with Crippen LogP contribution in [0.15, 0.2) is 0 Å². The minimum absolute atomic E-state index is 0. The van der Waals surface area contributed by atoms with Crippen molar-refractivity contribution < 1.29 is 4.79 Å². The van der Waals surface area contributed by atoms with Crippen LogP contribution in [-0.4, -0.2) is 23.4 Å². The van der Waals surface area contributed by atoms with Gasteiger partial charge in [0.25, 0.3) is 0 Å². The molecule has 0 aliphatic carbocycles. The van der Waals surface area contributed by atoms with Gasteiger partial charge in [0.1, 0.15) is 0 Å². The van der Waals surface area contributed by atoms with Gasteiger partial charge in [-0.1, -0.05) is 0 Å². The summed E-state index contributed by atoms with van der Waals surface area (Å²) in [4.78, 5) is 9.00. The molecule has 0 aliphatic heterocycles. The Kier molecular flexibility index (Phi) is 6.72. The minimum Gasteiger partial charge on any atom is -0.352 e. The van der Waals surface area contributed by atoms with Gasteiger partial charge in [0.15, 0.2) is 17.4 Å². The molecule has 0 aliphatic rings. The number of carbonyl (C=O) groups is 1. The zero-order valence-electron chi connectivity index (χ0n) is 2.06. The van der Waals surface area contributed by atoms with Crippen LogP contribution in [0.3, 0.4) is 0 Å². The fraction of sp³-hybridized carbons (Fsp3) is 0. The predicted molar refractivity (Wildman–Crippen MR) is 23.7 cm³/mol. The molecule has 30 valence electrons. The standard InChI is InChI=1S/CH4N2O.Al.3H/c2-1(3)4;;;;/h(H4,2,3,4);;;;. The Balaban J connectivity index is 0. The van der Waals surface area contributed by atoms with E-state index >= 15 is 0 Å². The SMILES string of the molecule is NC(N)=O.[AlH3]. The van der Waals surface area contributed by atoms with E-state index in [1.807, 2.05) is 0 Å². The lowest BCUT2D eigenvalue weighted by Gasteiger charge is -1.62. The maximum Gasteiger partial charge on any atom is 0.309 e. The average molecular weight is 90.1 g/mol. The summed E-state index contributed by atoms with van der Waals surface area (Å²) < 4.78 is 0. The minimum atomic E-state index is -0.833. The third-order valence-corrected chi connectivity index (χ3v) is 0. The summed E-state index contributed by atoms with van der Waals surface area (Å²) in [7, 11) is 0. The molecule has 0 aromatic carbocycles. The van der Waals surface area contributed by atoms with E-state index in [0.29, 0.717) is 0 Å². The Morgan fingerprint density at radius 2 is 1.40 bits per heavy atom. The summed E-state index contributed by atoms with van der Waals surface area (Å²) >= 11 is 0. The molecule has 0 saturated heterocycles. The monoisotopic (exact) mass is 90.0 g/mol. The number of rotatable bonds is 0. The Labute approximate surface area is 40.5 Å². The number of hydrogen-bond acceptors (Lipinski definition) is 1. The molecule has 0 heterocycles. The summed E-state index contributed by atoms with van der Waals surface area (Å²) in [5.41, 5.74) is 8.50. The highest BCUT2D eigenvalue weighted by Crippen LogP contribution is 1.25. The molecule has 0 atom stereocenters. The Morgan fingerprint density at radius 3 is 1.40 bits per heavy atom. The van der Waals surface area contributed by atoms with Crippen molar-refractivity contribution in [2.45, 2.75) is 0 Å². The van der Waals surface area contributed by atoms with Gasteiger partial charge in [-0.2, -0.15) is 0 Å². The smallest absolute Gasteiger partial charge is 0.309 e. The van der Waals surface area contributed by atoms with Gasteiger partial charge in [-0.05, 0) is 0 Å². The van der Waals surface area contributed by atoms with E-state index in [-0.39, 0.29) is 17.4 Å². The van der Waals surface area contributed by atoms with Gasteiger partial charge < -0.3 is 11.5 Å². The number of hydrogen-bond donors (Lipinski definition) is 2. The molecular formula is CH7AlN2O. The molecule has 4 N–H and O–H groups in total. The van der Waals surface area contributed by atoms with E-state index in [0.717, 1.165) is 0 Å². The van der Waals surface area contributed by atoms with E-state index in [2.05, 4.69) is 11.5 Å². The highest BCUT2D eigenvalue weighted by Gasteiger charge is 1.60. The lowest BCUT2D eigenvalue weighted by atomic mass is 11.2. The molecule has 0 aromatic heterocycles. The quantitative estimate of drug-likeness (QED) is 0.327. The maximum absolute atomic E-state index is 9.00. The van der Waals surface area contributed by atoms with Gasteiger partial charge in [-0.25, -0.2) is 4.79 Å². The second kappa shape index (κ2) is 3.80. The largest absolute Gasteiger partial charge is 0.352 e. The molecule has 0 spiro atoms. The highest BCUT2D eigenvalue weighted by molar-refractivity contribution is 5.75. The number of urea groups is 1. The number of amides is 2. The summed E-state index contributed by atoms with van der Waals surface area (Å²) in [6, 6.07) is -0.833. The van der Waals surface area contributed by atoms with Crippen LogP contribution in [0.4, 0.5) is 4.79 Å². The predicted octanol–water partition coefficient (Wildman–Crippen LogP) is -2.16. The highest BCUT2D eigenvalue weighted by atomic mass is 27.0. The molecule has 0 bridgehead atoms. The first kappa shape index (κ1) is 8.84. The van der Waals surface area contributed by atoms with Crippen LogP contribution in [-0.2, 0) is 0 Å². The van der Waals surface area contributed by atoms with Crippen LogP contribution in [0.1, 0.15) is 0 Å². The molecule has 0 aromatic rings. The summed E-state index contributed by atoms with van der Waals surface area (Å²) in [5, 5.41) is 0. The summed E-state index contributed by atoms with van der Waals surface area (Å²) in [5.74, 6) is 0. The Hall–Kier alpha value is -0.198. The number of nitrogens with two attached hydrogens (primary N) is 2. The maximum atomic E-state index is 9.00. The Bertz CT molecular complexity index is 32.6. The van der Waals surface area contributed by atoms with Crippen LogP contribution in [0.2, 0.25) is 0 Å². The van der Waals surface area contributed by atoms with Crippen molar-refractivity contribution in [2.75, 3.05) is 0 Å². The molecule has 5 heavy (non-hydrogen) atoms. The molecule has 3 nitrogen and oxygen atoms in total. The zero-order valence-corrected chi connectivity index (χ0v) is 2.06. The molecule has 0 fully saturated rings. The van der Waals surface area contributed by atoms with E-state index in [9.17, 15) is 0 Å². The topological polar surface area (TPSA) is 69.1 Å². The molecule has 4 heteroatoms. The van der Waals surface area contributed by atoms with Gasteiger partial charge in [0.05, 0.1) is 0 Å². The number of carbonyl (C=O) groups excluding carboxylic acids is 1. The van der Waals surface area contributed by atoms with E-state index < -0.39 is 6.03 Å². The van der Waals surface area contributed by atoms with E-state index in [1.54, 1.807) is 0 Å². The van der Waals surface area contributed by atoms with Crippen LogP contribution in [0.5, 0.6) is 0 Å². The fourth-order valence-corrected chi connectivity index (χ4v) is 0.